The first-order chi connectivity index (χ1) is 10.6. The Hall–Kier alpha value is -2.76. The highest BCUT2D eigenvalue weighted by molar-refractivity contribution is 6.09. The van der Waals surface area contributed by atoms with Gasteiger partial charge in [0.25, 0.3) is 0 Å². The minimum absolute atomic E-state index is 0.175. The van der Waals surface area contributed by atoms with E-state index >= 15 is 0 Å². The SMILES string of the molecule is C[C@H](C(=O)Nc1cccc2ncccc12)N1C(=O)CCC1=O. The van der Waals surface area contributed by atoms with Gasteiger partial charge in [0.15, 0.2) is 0 Å². The number of benzene rings is 1. The van der Waals surface area contributed by atoms with Crippen LogP contribution in [0.15, 0.2) is 36.5 Å². The summed E-state index contributed by atoms with van der Waals surface area (Å²) in [6, 6.07) is 8.23. The van der Waals surface area contributed by atoms with Crippen LogP contribution in [0.3, 0.4) is 0 Å². The van der Waals surface area contributed by atoms with Gasteiger partial charge in [0.05, 0.1) is 11.2 Å². The highest BCUT2D eigenvalue weighted by atomic mass is 16.2. The number of nitrogens with zero attached hydrogens (tertiary/aromatic N) is 2. The van der Waals surface area contributed by atoms with Crippen LogP contribution in [0.1, 0.15) is 19.8 Å². The number of carbonyl (C=O) groups is 3. The second-order valence-corrected chi connectivity index (χ2v) is 5.20. The Morgan fingerprint density at radius 3 is 2.64 bits per heavy atom. The summed E-state index contributed by atoms with van der Waals surface area (Å²) in [5, 5.41) is 3.59. The average molecular weight is 297 g/mol. The third-order valence-electron chi connectivity index (χ3n) is 3.76. The molecule has 1 fully saturated rings. The van der Waals surface area contributed by atoms with Crippen molar-refractivity contribution in [2.45, 2.75) is 25.8 Å². The number of likely N-dealkylation sites (tertiary alicyclic amines) is 1. The summed E-state index contributed by atoms with van der Waals surface area (Å²) in [4.78, 5) is 41.0. The molecule has 1 aromatic heterocycles. The molecule has 0 spiro atoms. The van der Waals surface area contributed by atoms with Gasteiger partial charge in [-0.05, 0) is 31.2 Å². The number of rotatable bonds is 3. The van der Waals surface area contributed by atoms with Gasteiger partial charge in [-0.1, -0.05) is 6.07 Å². The van der Waals surface area contributed by atoms with Crippen LogP contribution >= 0.6 is 0 Å². The average Bonchev–Trinajstić information content (AvgIpc) is 2.86. The number of carbonyl (C=O) groups excluding carboxylic acids is 3. The van der Waals surface area contributed by atoms with Crippen molar-refractivity contribution in [1.82, 2.24) is 9.88 Å². The van der Waals surface area contributed by atoms with Crippen molar-refractivity contribution in [3.63, 3.8) is 0 Å². The fourth-order valence-corrected chi connectivity index (χ4v) is 2.59. The molecular weight excluding hydrogens is 282 g/mol. The van der Waals surface area contributed by atoms with Crippen molar-refractivity contribution < 1.29 is 14.4 Å². The molecule has 1 saturated heterocycles. The minimum atomic E-state index is -0.825. The first kappa shape index (κ1) is 14.2. The molecule has 0 unspecified atom stereocenters. The maximum atomic E-state index is 12.4. The van der Waals surface area contributed by atoms with E-state index < -0.39 is 6.04 Å². The van der Waals surface area contributed by atoms with Crippen LogP contribution in [0.25, 0.3) is 10.9 Å². The molecule has 0 aliphatic carbocycles. The van der Waals surface area contributed by atoms with Crippen molar-refractivity contribution in [1.29, 1.82) is 0 Å². The van der Waals surface area contributed by atoms with E-state index in [0.29, 0.717) is 5.69 Å². The molecule has 1 N–H and O–H groups in total. The first-order valence-electron chi connectivity index (χ1n) is 7.07. The molecule has 2 aromatic rings. The highest BCUT2D eigenvalue weighted by Crippen LogP contribution is 2.22. The lowest BCUT2D eigenvalue weighted by Gasteiger charge is -2.22. The molecule has 2 heterocycles. The summed E-state index contributed by atoms with van der Waals surface area (Å²) in [5.74, 6) is -0.987. The summed E-state index contributed by atoms with van der Waals surface area (Å²) in [6.07, 6.45) is 2.03. The van der Waals surface area contributed by atoms with E-state index in [2.05, 4.69) is 10.3 Å². The molecule has 1 atom stereocenters. The van der Waals surface area contributed by atoms with Crippen LogP contribution in [0.2, 0.25) is 0 Å². The Labute approximate surface area is 127 Å². The molecule has 0 bridgehead atoms. The Morgan fingerprint density at radius 1 is 1.18 bits per heavy atom. The van der Waals surface area contributed by atoms with E-state index in [-0.39, 0.29) is 30.6 Å². The second-order valence-electron chi connectivity index (χ2n) is 5.20. The van der Waals surface area contributed by atoms with E-state index in [9.17, 15) is 14.4 Å². The second kappa shape index (κ2) is 5.55. The standard InChI is InChI=1S/C16H15N3O3/c1-10(19-14(20)7-8-15(19)21)16(22)18-13-6-2-5-12-11(13)4-3-9-17-12/h2-6,9-10H,7-8H2,1H3,(H,18,22)/t10-/m1/s1. The molecule has 1 aromatic carbocycles. The smallest absolute Gasteiger partial charge is 0.247 e. The van der Waals surface area contributed by atoms with Gasteiger partial charge in [0, 0.05) is 24.4 Å². The number of amides is 3. The lowest BCUT2D eigenvalue weighted by atomic mass is 10.1. The Balaban J connectivity index is 1.84. The predicted octanol–water partition coefficient (Wildman–Crippen LogP) is 1.71. The van der Waals surface area contributed by atoms with Gasteiger partial charge in [-0.15, -0.1) is 0 Å². The molecule has 1 aliphatic heterocycles. The summed E-state index contributed by atoms with van der Waals surface area (Å²) in [7, 11) is 0. The number of fused-ring (bicyclic) bond motifs is 1. The fourth-order valence-electron chi connectivity index (χ4n) is 2.59. The van der Waals surface area contributed by atoms with Gasteiger partial charge < -0.3 is 5.32 Å². The quantitative estimate of drug-likeness (QED) is 0.875. The van der Waals surface area contributed by atoms with E-state index in [4.69, 9.17) is 0 Å². The number of anilines is 1. The lowest BCUT2D eigenvalue weighted by Crippen LogP contribution is -2.45. The molecule has 3 amide bonds. The van der Waals surface area contributed by atoms with Crippen molar-refractivity contribution in [3.05, 3.63) is 36.5 Å². The van der Waals surface area contributed by atoms with E-state index in [0.717, 1.165) is 15.8 Å². The van der Waals surface area contributed by atoms with Gasteiger partial charge in [0.1, 0.15) is 6.04 Å². The molecular formula is C16H15N3O3. The third-order valence-corrected chi connectivity index (χ3v) is 3.76. The molecule has 0 saturated carbocycles. The summed E-state index contributed by atoms with van der Waals surface area (Å²) in [6.45, 7) is 1.56. The third kappa shape index (κ3) is 2.43. The number of aromatic nitrogens is 1. The van der Waals surface area contributed by atoms with Gasteiger partial charge in [-0.25, -0.2) is 0 Å². The maximum Gasteiger partial charge on any atom is 0.247 e. The van der Waals surface area contributed by atoms with E-state index in [1.54, 1.807) is 31.3 Å². The Morgan fingerprint density at radius 2 is 1.91 bits per heavy atom. The number of hydrogen-bond acceptors (Lipinski definition) is 4. The molecule has 6 heteroatoms. The van der Waals surface area contributed by atoms with Gasteiger partial charge in [-0.2, -0.15) is 0 Å². The minimum Gasteiger partial charge on any atom is -0.324 e. The van der Waals surface area contributed by atoms with Gasteiger partial charge in [0.2, 0.25) is 17.7 Å². The van der Waals surface area contributed by atoms with Crippen molar-refractivity contribution in [3.8, 4) is 0 Å². The maximum absolute atomic E-state index is 12.4. The fraction of sp³-hybridized carbons (Fsp3) is 0.250. The largest absolute Gasteiger partial charge is 0.324 e. The van der Waals surface area contributed by atoms with Crippen LogP contribution < -0.4 is 5.32 Å². The van der Waals surface area contributed by atoms with Crippen LogP contribution in [0, 0.1) is 0 Å². The Kier molecular flexibility index (Phi) is 3.58. The number of pyridine rings is 1. The normalized spacial score (nSPS) is 16.1. The van der Waals surface area contributed by atoms with Crippen LogP contribution in [-0.2, 0) is 14.4 Å². The summed E-state index contributed by atoms with van der Waals surface area (Å²) >= 11 is 0. The molecule has 112 valence electrons. The topological polar surface area (TPSA) is 79.4 Å². The van der Waals surface area contributed by atoms with Crippen LogP contribution in [-0.4, -0.2) is 33.6 Å². The number of hydrogen-bond donors (Lipinski definition) is 1. The molecule has 0 radical (unpaired) electrons. The molecule has 22 heavy (non-hydrogen) atoms. The monoisotopic (exact) mass is 297 g/mol. The van der Waals surface area contributed by atoms with Crippen LogP contribution in [0.5, 0.6) is 0 Å². The van der Waals surface area contributed by atoms with Crippen molar-refractivity contribution in [2.24, 2.45) is 0 Å². The number of nitrogens with one attached hydrogen (secondary N) is 1. The van der Waals surface area contributed by atoms with Gasteiger partial charge in [-0.3, -0.25) is 24.3 Å². The van der Waals surface area contributed by atoms with Crippen molar-refractivity contribution in [2.75, 3.05) is 5.32 Å². The summed E-state index contributed by atoms with van der Waals surface area (Å²) in [5.41, 5.74) is 1.38. The van der Waals surface area contributed by atoms with Gasteiger partial charge >= 0.3 is 0 Å². The Bertz CT molecular complexity index is 751. The predicted molar refractivity (Wildman–Crippen MR) is 80.9 cm³/mol. The zero-order valence-corrected chi connectivity index (χ0v) is 12.1. The van der Waals surface area contributed by atoms with E-state index in [1.165, 1.54) is 0 Å². The molecule has 1 aliphatic rings. The number of imide groups is 1. The first-order valence-corrected chi connectivity index (χ1v) is 7.07. The highest BCUT2D eigenvalue weighted by Gasteiger charge is 2.36. The zero-order valence-electron chi connectivity index (χ0n) is 12.1. The molecule has 3 rings (SSSR count). The lowest BCUT2D eigenvalue weighted by molar-refractivity contribution is -0.144. The van der Waals surface area contributed by atoms with Crippen molar-refractivity contribution >= 4 is 34.3 Å². The molecule has 6 nitrogen and oxygen atoms in total. The summed E-state index contributed by atoms with van der Waals surface area (Å²) < 4.78 is 0. The van der Waals surface area contributed by atoms with E-state index in [1.807, 2.05) is 12.1 Å². The zero-order chi connectivity index (χ0) is 15.7. The van der Waals surface area contributed by atoms with Crippen LogP contribution in [0.4, 0.5) is 5.69 Å².